The van der Waals surface area contributed by atoms with E-state index >= 15 is 0 Å². The van der Waals surface area contributed by atoms with Gasteiger partial charge in [0.05, 0.1) is 30.6 Å². The number of anilines is 2. The number of aromatic nitrogens is 5. The highest BCUT2D eigenvalue weighted by atomic mass is 31.3. The predicted molar refractivity (Wildman–Crippen MR) is 212 cm³/mol. The molecule has 4 aromatic rings. The summed E-state index contributed by atoms with van der Waals surface area (Å²) >= 11 is 0. The second-order valence-corrected chi connectivity index (χ2v) is 18.2. The molecule has 0 saturated carbocycles. The van der Waals surface area contributed by atoms with E-state index in [4.69, 9.17) is 39.6 Å². The Kier molecular flexibility index (Phi) is 15.6. The number of pyridine rings is 1. The Labute approximate surface area is 368 Å². The van der Waals surface area contributed by atoms with Crippen LogP contribution in [-0.2, 0) is 45.8 Å². The van der Waals surface area contributed by atoms with Gasteiger partial charge < -0.3 is 60.7 Å². The van der Waals surface area contributed by atoms with Crippen LogP contribution in [0.25, 0.3) is 21.6 Å². The molecular weight excluding hydrogens is 953 g/mol. The van der Waals surface area contributed by atoms with Gasteiger partial charge in [-0.1, -0.05) is 11.2 Å². The van der Waals surface area contributed by atoms with Gasteiger partial charge in [-0.2, -0.15) is 8.88 Å². The second-order valence-electron chi connectivity index (χ2n) is 13.9. The van der Waals surface area contributed by atoms with Crippen molar-refractivity contribution in [3.05, 3.63) is 81.5 Å². The number of nitrogens with zero attached hydrogens (tertiary/aromatic N) is 9. The van der Waals surface area contributed by atoms with Crippen LogP contribution in [0.3, 0.4) is 0 Å². The molecule has 2 amide bonds. The summed E-state index contributed by atoms with van der Waals surface area (Å²) < 4.78 is 69.1. The number of hydrogen-bond acceptors (Lipinski definition) is 21. The number of nitrogens with two attached hydrogens (primary N) is 1. The number of carbonyl (C=O) groups excluding carboxylic acids is 2. The topological polar surface area (TPSA) is 475 Å². The zero-order chi connectivity index (χ0) is 48.1. The van der Waals surface area contributed by atoms with Gasteiger partial charge in [0.1, 0.15) is 42.0 Å². The van der Waals surface area contributed by atoms with Crippen LogP contribution >= 0.6 is 23.5 Å². The van der Waals surface area contributed by atoms with E-state index in [1.807, 2.05) is 0 Å². The van der Waals surface area contributed by atoms with Gasteiger partial charge in [0.15, 0.2) is 35.6 Å². The van der Waals surface area contributed by atoms with Crippen molar-refractivity contribution in [3.8, 4) is 0 Å². The average Bonchev–Trinajstić information content (AvgIpc) is 3.90. The molecule has 0 bridgehead atoms. The summed E-state index contributed by atoms with van der Waals surface area (Å²) in [5, 5.41) is 55.0. The minimum absolute atomic E-state index is 0.00679. The molecular formula is C31H37N12O20P3. The average molecular weight is 991 g/mol. The van der Waals surface area contributed by atoms with Crippen LogP contribution in [0, 0.1) is 10.1 Å². The first-order valence-corrected chi connectivity index (χ1v) is 23.2. The smallest absolute Gasteiger partial charge is 0.481 e. The van der Waals surface area contributed by atoms with Crippen LogP contribution < -0.4 is 26.0 Å². The number of nitrogens with one attached hydrogen (secondary N) is 2. The maximum Gasteiger partial charge on any atom is 0.481 e. The van der Waals surface area contributed by atoms with E-state index in [0.29, 0.717) is 0 Å². The van der Waals surface area contributed by atoms with E-state index in [0.717, 1.165) is 27.9 Å². The first kappa shape index (κ1) is 50.0. The number of imidazole rings is 1. The van der Waals surface area contributed by atoms with E-state index < -0.39 is 102 Å². The standard InChI is InChI=1S/C31H37N12O20P3/c32-27(48)15-3-2-8-41(10-15)30-25(47)23(45)19(60-30)11-58-65(54,55)62-26-24(46)20(12-59-66(56,57)63-64(51,52)53)61-31(26)42-14-37-22-28(35-13-36-29(22)42)38-21(44)4-1-7-34-17-6-5-16(39-40-33)9-18(17)43(49)50/h2-3,5-6,8-10,13-14,19-20,23-26,30-31,34,45-46H,1,4,7,11-12H2,(H2,32,48)(H,54,55)(H,56,57)(H2,51,52,53)(H,35,36,38,44)/t19-,20-,23-,24-,25-,26-,30-,31-/m1/s1. The molecule has 0 radical (unpaired) electrons. The van der Waals surface area contributed by atoms with Gasteiger partial charge in [0.2, 0.25) is 5.91 Å². The number of fused-ring (bicyclic) bond motifs is 1. The Hall–Kier alpha value is -5.46. The van der Waals surface area contributed by atoms with Crippen molar-refractivity contribution in [1.29, 1.82) is 0 Å². The first-order valence-electron chi connectivity index (χ1n) is 18.6. The number of aliphatic hydroxyl groups excluding tert-OH is 2. The molecule has 6 rings (SSSR count). The molecule has 2 fully saturated rings. The maximum absolute atomic E-state index is 13.4. The fraction of sp³-hybridized carbons (Fsp3) is 0.419. The molecule has 0 aliphatic carbocycles. The Morgan fingerprint density at radius 1 is 1.05 bits per heavy atom. The van der Waals surface area contributed by atoms with Gasteiger partial charge in [-0.15, -0.1) is 0 Å². The van der Waals surface area contributed by atoms with Gasteiger partial charge in [0.25, 0.3) is 17.8 Å². The number of amides is 2. The molecule has 35 heteroatoms. The first-order chi connectivity index (χ1) is 31.1. The number of nitro groups is 1. The summed E-state index contributed by atoms with van der Waals surface area (Å²) in [5.41, 5.74) is 13.3. The monoisotopic (exact) mass is 990 g/mol. The molecule has 10 N–H and O–H groups in total. The number of phosphoric ester groups is 2. The second kappa shape index (κ2) is 20.6. The number of ether oxygens (including phenoxy) is 2. The third-order valence-electron chi connectivity index (χ3n) is 9.42. The molecule has 2 saturated heterocycles. The van der Waals surface area contributed by atoms with Crippen LogP contribution in [0.4, 0.5) is 22.9 Å². The Bertz CT molecular complexity index is 2670. The summed E-state index contributed by atoms with van der Waals surface area (Å²) in [4.78, 5) is 88.9. The zero-order valence-electron chi connectivity index (χ0n) is 33.2. The third-order valence-corrected chi connectivity index (χ3v) is 12.6. The van der Waals surface area contributed by atoms with Gasteiger partial charge in [-0.25, -0.2) is 28.6 Å². The molecule has 10 atom stereocenters. The zero-order valence-corrected chi connectivity index (χ0v) is 35.9. The molecule has 2 unspecified atom stereocenters. The highest BCUT2D eigenvalue weighted by Gasteiger charge is 2.51. The van der Waals surface area contributed by atoms with Crippen LogP contribution in [-0.4, -0.2) is 122 Å². The maximum atomic E-state index is 13.4. The van der Waals surface area contributed by atoms with Gasteiger partial charge >= 0.3 is 23.5 Å². The van der Waals surface area contributed by atoms with Gasteiger partial charge in [-0.05, 0) is 30.2 Å². The molecule has 66 heavy (non-hydrogen) atoms. The Morgan fingerprint density at radius 2 is 1.76 bits per heavy atom. The Balaban J connectivity index is 1.16. The SMILES string of the molecule is [N-]=[N+]=Nc1ccc(NCCCC(=O)Nc2ncnc3c2ncn3[C@@H]2O[C@H](COP(=O)(O)OP(=O)(O)O)[C@@H](O)[C@H]2OP(=O)(O)OC[C@H]2O[C@@H]([n+]3cccc(C(N)=O)c3)[C@H]([O-])[C@@H]2O)c([N+](=O)[O-])c1. The van der Waals surface area contributed by atoms with Crippen LogP contribution in [0.2, 0.25) is 0 Å². The van der Waals surface area contributed by atoms with Crippen molar-refractivity contribution < 1.29 is 95.0 Å². The molecule has 356 valence electrons. The van der Waals surface area contributed by atoms with Gasteiger partial charge in [-0.3, -0.25) is 37.8 Å². The molecule has 5 heterocycles. The van der Waals surface area contributed by atoms with Crippen molar-refractivity contribution in [2.24, 2.45) is 10.8 Å². The lowest BCUT2D eigenvalue weighted by atomic mass is 10.1. The fourth-order valence-electron chi connectivity index (χ4n) is 6.49. The number of aliphatic hydroxyl groups is 2. The molecule has 2 aliphatic rings. The number of rotatable bonds is 21. The number of azide groups is 1. The number of primary amides is 1. The molecule has 0 spiro atoms. The van der Waals surface area contributed by atoms with E-state index in [2.05, 4.69) is 44.4 Å². The largest absolute Gasteiger partial charge is 0.843 e. The Morgan fingerprint density at radius 3 is 2.44 bits per heavy atom. The van der Waals surface area contributed by atoms with Crippen LogP contribution in [0.15, 0.2) is 60.5 Å². The summed E-state index contributed by atoms with van der Waals surface area (Å²) in [6, 6.07) is 6.48. The van der Waals surface area contributed by atoms with Crippen molar-refractivity contribution in [2.45, 2.75) is 61.9 Å². The van der Waals surface area contributed by atoms with Crippen molar-refractivity contribution >= 4 is 69.3 Å². The minimum Gasteiger partial charge on any atom is -0.843 e. The third kappa shape index (κ3) is 12.3. The predicted octanol–water partition coefficient (Wildman–Crippen LogP) is -0.432. The van der Waals surface area contributed by atoms with E-state index in [-0.39, 0.29) is 59.0 Å². The number of phosphoric acid groups is 3. The van der Waals surface area contributed by atoms with Crippen molar-refractivity contribution in [2.75, 3.05) is 30.4 Å². The van der Waals surface area contributed by atoms with E-state index in [1.165, 1.54) is 36.7 Å². The van der Waals surface area contributed by atoms with Crippen molar-refractivity contribution in [1.82, 2.24) is 19.5 Å². The van der Waals surface area contributed by atoms with E-state index in [9.17, 15) is 58.5 Å². The number of benzene rings is 1. The van der Waals surface area contributed by atoms with Crippen molar-refractivity contribution in [3.63, 3.8) is 0 Å². The number of hydrogen-bond donors (Lipinski definition) is 9. The molecule has 3 aromatic heterocycles. The van der Waals surface area contributed by atoms with Gasteiger partial charge in [0, 0.05) is 35.7 Å². The lowest BCUT2D eigenvalue weighted by Gasteiger charge is -2.25. The minimum atomic E-state index is -5.60. The summed E-state index contributed by atoms with van der Waals surface area (Å²) in [7, 11) is -16.6. The molecule has 1 aromatic carbocycles. The summed E-state index contributed by atoms with van der Waals surface area (Å²) in [5.74, 6) is -1.62. The van der Waals surface area contributed by atoms with Crippen LogP contribution in [0.5, 0.6) is 0 Å². The summed E-state index contributed by atoms with van der Waals surface area (Å²) in [6.45, 7) is -2.07. The normalized spacial score (nSPS) is 24.8. The highest BCUT2D eigenvalue weighted by Crippen LogP contribution is 2.58. The fourth-order valence-corrected chi connectivity index (χ4v) is 9.03. The number of carbonyl (C=O) groups is 2. The van der Waals surface area contributed by atoms with E-state index in [1.54, 1.807) is 0 Å². The number of nitro benzene ring substituents is 1. The molecule has 2 aliphatic heterocycles. The lowest BCUT2D eigenvalue weighted by Crippen LogP contribution is -2.52. The highest BCUT2D eigenvalue weighted by molar-refractivity contribution is 7.60. The molecule has 32 nitrogen and oxygen atoms in total. The quantitative estimate of drug-likeness (QED) is 0.00747. The lowest BCUT2D eigenvalue weighted by molar-refractivity contribution is -0.782. The summed E-state index contributed by atoms with van der Waals surface area (Å²) in [6.07, 6.45) is -10.0. The van der Waals surface area contributed by atoms with Crippen LogP contribution in [0.1, 0.15) is 35.7 Å².